The largest absolute Gasteiger partial charge is 0.331 e. The maximum absolute atomic E-state index is 11.2. The van der Waals surface area contributed by atoms with Crippen LogP contribution in [0.1, 0.15) is 41.9 Å². The lowest BCUT2D eigenvalue weighted by Crippen LogP contribution is -1.97. The number of nitrogens with zero attached hydrogens (tertiary/aromatic N) is 2. The van der Waals surface area contributed by atoms with Gasteiger partial charge in [0.15, 0.2) is 5.78 Å². The molecule has 1 heterocycles. The summed E-state index contributed by atoms with van der Waals surface area (Å²) < 4.78 is 2.29. The van der Waals surface area contributed by atoms with E-state index in [4.69, 9.17) is 0 Å². The number of carbonyl (C=O) groups is 1. The van der Waals surface area contributed by atoms with Crippen molar-refractivity contribution in [3.05, 3.63) is 48.0 Å². The number of imidazole rings is 1. The van der Waals surface area contributed by atoms with Crippen molar-refractivity contribution in [2.75, 3.05) is 0 Å². The second-order valence-electron chi connectivity index (χ2n) is 4.89. The molecule has 1 aliphatic carbocycles. The molecule has 4 heteroatoms. The first-order valence-electron chi connectivity index (χ1n) is 6.48. The summed E-state index contributed by atoms with van der Waals surface area (Å²) in [6.07, 6.45) is 6.45. The Hall–Kier alpha value is -1.55. The summed E-state index contributed by atoms with van der Waals surface area (Å²) in [7, 11) is 0. The Morgan fingerprint density at radius 1 is 1.37 bits per heavy atom. The van der Waals surface area contributed by atoms with Crippen LogP contribution in [0.3, 0.4) is 0 Å². The lowest BCUT2D eigenvalue weighted by molar-refractivity contribution is 0.101. The normalized spacial score (nSPS) is 14.6. The van der Waals surface area contributed by atoms with Crippen molar-refractivity contribution in [2.45, 2.75) is 36.5 Å². The van der Waals surface area contributed by atoms with E-state index in [1.165, 1.54) is 23.4 Å². The lowest BCUT2D eigenvalue weighted by atomic mass is 10.2. The molecule has 0 aliphatic heterocycles. The third kappa shape index (κ3) is 2.89. The summed E-state index contributed by atoms with van der Waals surface area (Å²) in [5.41, 5.74) is 2.05. The summed E-state index contributed by atoms with van der Waals surface area (Å²) in [6.45, 7) is 1.59. The SMILES string of the molecule is CC(=O)c1ccc(SCc2cncn2C2CC2)cc1. The molecule has 1 aromatic carbocycles. The van der Waals surface area contributed by atoms with E-state index >= 15 is 0 Å². The molecule has 19 heavy (non-hydrogen) atoms. The molecule has 0 spiro atoms. The Balaban J connectivity index is 1.65. The van der Waals surface area contributed by atoms with Gasteiger partial charge in [-0.3, -0.25) is 4.79 Å². The molecule has 0 amide bonds. The van der Waals surface area contributed by atoms with Gasteiger partial charge in [0.1, 0.15) is 0 Å². The van der Waals surface area contributed by atoms with Gasteiger partial charge in [-0.25, -0.2) is 4.98 Å². The Bertz CT molecular complexity index is 584. The molecular weight excluding hydrogens is 256 g/mol. The fourth-order valence-electron chi connectivity index (χ4n) is 2.07. The highest BCUT2D eigenvalue weighted by molar-refractivity contribution is 7.98. The Kier molecular flexibility index (Phi) is 3.42. The fourth-order valence-corrected chi connectivity index (χ4v) is 2.94. The van der Waals surface area contributed by atoms with Crippen LogP contribution in [0.5, 0.6) is 0 Å². The monoisotopic (exact) mass is 272 g/mol. The second kappa shape index (κ2) is 5.21. The first-order valence-corrected chi connectivity index (χ1v) is 7.47. The van der Waals surface area contributed by atoms with Crippen molar-refractivity contribution < 1.29 is 4.79 Å². The third-order valence-electron chi connectivity index (χ3n) is 3.33. The van der Waals surface area contributed by atoms with Crippen LogP contribution in [0.15, 0.2) is 41.7 Å². The van der Waals surface area contributed by atoms with Gasteiger partial charge >= 0.3 is 0 Å². The number of hydrogen-bond donors (Lipinski definition) is 0. The van der Waals surface area contributed by atoms with Crippen molar-refractivity contribution in [1.82, 2.24) is 9.55 Å². The Morgan fingerprint density at radius 3 is 2.74 bits per heavy atom. The molecule has 1 aromatic heterocycles. The lowest BCUT2D eigenvalue weighted by Gasteiger charge is -2.06. The minimum Gasteiger partial charge on any atom is -0.331 e. The standard InChI is InChI=1S/C15H16N2OS/c1-11(18)12-2-6-15(7-3-12)19-9-14-8-16-10-17(14)13-4-5-13/h2-3,6-8,10,13H,4-5,9H2,1H3. The van der Waals surface area contributed by atoms with Crippen LogP contribution in [-0.2, 0) is 5.75 Å². The number of rotatable bonds is 5. The maximum Gasteiger partial charge on any atom is 0.159 e. The molecule has 0 atom stereocenters. The number of ketones is 1. The topological polar surface area (TPSA) is 34.9 Å². The van der Waals surface area contributed by atoms with Crippen molar-refractivity contribution in [2.24, 2.45) is 0 Å². The quantitative estimate of drug-likeness (QED) is 0.614. The molecule has 0 N–H and O–H groups in total. The van der Waals surface area contributed by atoms with Crippen molar-refractivity contribution in [3.8, 4) is 0 Å². The van der Waals surface area contributed by atoms with Gasteiger partial charge in [0.2, 0.25) is 0 Å². The van der Waals surface area contributed by atoms with Gasteiger partial charge in [-0.1, -0.05) is 12.1 Å². The van der Waals surface area contributed by atoms with E-state index in [9.17, 15) is 4.79 Å². The number of hydrogen-bond acceptors (Lipinski definition) is 3. The maximum atomic E-state index is 11.2. The van der Waals surface area contributed by atoms with Crippen LogP contribution >= 0.6 is 11.8 Å². The summed E-state index contributed by atoms with van der Waals surface area (Å²) >= 11 is 1.79. The molecule has 1 aliphatic rings. The number of aromatic nitrogens is 2. The summed E-state index contributed by atoms with van der Waals surface area (Å²) in [5.74, 6) is 1.04. The highest BCUT2D eigenvalue weighted by Gasteiger charge is 2.24. The molecule has 98 valence electrons. The summed E-state index contributed by atoms with van der Waals surface area (Å²) in [6, 6.07) is 8.49. The van der Waals surface area contributed by atoms with Crippen LogP contribution in [0.4, 0.5) is 0 Å². The van der Waals surface area contributed by atoms with Crippen LogP contribution < -0.4 is 0 Å². The predicted molar refractivity (Wildman–Crippen MR) is 76.5 cm³/mol. The van der Waals surface area contributed by atoms with Gasteiger partial charge in [-0.2, -0.15) is 0 Å². The van der Waals surface area contributed by atoms with E-state index in [0.717, 1.165) is 11.3 Å². The van der Waals surface area contributed by atoms with Crippen LogP contribution in [0.25, 0.3) is 0 Å². The average molecular weight is 272 g/mol. The van der Waals surface area contributed by atoms with Crippen LogP contribution in [-0.4, -0.2) is 15.3 Å². The average Bonchev–Trinajstić information content (AvgIpc) is 3.16. The molecule has 3 rings (SSSR count). The van der Waals surface area contributed by atoms with Crippen LogP contribution in [0.2, 0.25) is 0 Å². The summed E-state index contributed by atoms with van der Waals surface area (Å²) in [5, 5.41) is 0. The van der Waals surface area contributed by atoms with E-state index in [2.05, 4.69) is 9.55 Å². The van der Waals surface area contributed by atoms with Gasteiger partial charge in [0.25, 0.3) is 0 Å². The van der Waals surface area contributed by atoms with Crippen molar-refractivity contribution >= 4 is 17.5 Å². The van der Waals surface area contributed by atoms with Gasteiger partial charge in [-0.15, -0.1) is 11.8 Å². The van der Waals surface area contributed by atoms with E-state index in [0.29, 0.717) is 6.04 Å². The van der Waals surface area contributed by atoms with E-state index in [-0.39, 0.29) is 5.78 Å². The molecule has 0 unspecified atom stereocenters. The smallest absolute Gasteiger partial charge is 0.159 e. The highest BCUT2D eigenvalue weighted by atomic mass is 32.2. The third-order valence-corrected chi connectivity index (χ3v) is 4.38. The molecule has 0 radical (unpaired) electrons. The minimum absolute atomic E-state index is 0.114. The number of benzene rings is 1. The van der Waals surface area contributed by atoms with Gasteiger partial charge in [0, 0.05) is 34.1 Å². The molecule has 0 bridgehead atoms. The fraction of sp³-hybridized carbons (Fsp3) is 0.333. The van der Waals surface area contributed by atoms with E-state index < -0.39 is 0 Å². The Morgan fingerprint density at radius 2 is 2.11 bits per heavy atom. The van der Waals surface area contributed by atoms with E-state index in [1.54, 1.807) is 18.7 Å². The van der Waals surface area contributed by atoms with Crippen LogP contribution in [0, 0.1) is 0 Å². The molecule has 0 saturated heterocycles. The van der Waals surface area contributed by atoms with E-state index in [1.807, 2.05) is 36.8 Å². The van der Waals surface area contributed by atoms with Gasteiger partial charge in [-0.05, 0) is 31.9 Å². The minimum atomic E-state index is 0.114. The molecule has 1 fully saturated rings. The number of carbonyl (C=O) groups excluding carboxylic acids is 1. The number of thioether (sulfide) groups is 1. The van der Waals surface area contributed by atoms with Gasteiger partial charge < -0.3 is 4.57 Å². The highest BCUT2D eigenvalue weighted by Crippen LogP contribution is 2.36. The van der Waals surface area contributed by atoms with Crippen molar-refractivity contribution in [1.29, 1.82) is 0 Å². The Labute approximate surface area is 117 Å². The predicted octanol–water partition coefficient (Wildman–Crippen LogP) is 3.71. The molecular formula is C15H16N2OS. The zero-order chi connectivity index (χ0) is 13.2. The number of Topliss-reactive ketones (excluding diaryl/α,β-unsaturated/α-hetero) is 1. The molecule has 1 saturated carbocycles. The molecule has 2 aromatic rings. The second-order valence-corrected chi connectivity index (χ2v) is 5.94. The van der Waals surface area contributed by atoms with Gasteiger partial charge in [0.05, 0.1) is 6.33 Å². The first-order chi connectivity index (χ1) is 9.24. The zero-order valence-corrected chi connectivity index (χ0v) is 11.7. The first kappa shape index (κ1) is 12.5. The molecule has 3 nitrogen and oxygen atoms in total. The summed E-state index contributed by atoms with van der Waals surface area (Å²) in [4.78, 5) is 16.6. The van der Waals surface area contributed by atoms with Crippen molar-refractivity contribution in [3.63, 3.8) is 0 Å². The zero-order valence-electron chi connectivity index (χ0n) is 10.9.